The maximum absolute atomic E-state index is 13.4. The Morgan fingerprint density at radius 2 is 2.08 bits per heavy atom. The van der Waals surface area contributed by atoms with Crippen LogP contribution in [0.3, 0.4) is 0 Å². The van der Waals surface area contributed by atoms with Gasteiger partial charge in [0.2, 0.25) is 11.8 Å². The van der Waals surface area contributed by atoms with Crippen molar-refractivity contribution in [2.75, 3.05) is 32.1 Å². The van der Waals surface area contributed by atoms with E-state index in [2.05, 4.69) is 37.6 Å². The van der Waals surface area contributed by atoms with Gasteiger partial charge in [0.1, 0.15) is 24.7 Å². The van der Waals surface area contributed by atoms with Crippen LogP contribution in [-0.2, 0) is 29.1 Å². The van der Waals surface area contributed by atoms with Gasteiger partial charge in [-0.15, -0.1) is 5.10 Å². The number of pyridine rings is 1. The first kappa shape index (κ1) is 27.1. The summed E-state index contributed by atoms with van der Waals surface area (Å²) in [6.07, 6.45) is 4.78. The minimum Gasteiger partial charge on any atom is -0.488 e. The molecule has 2 aromatic heterocycles. The van der Waals surface area contributed by atoms with E-state index in [0.717, 1.165) is 12.1 Å². The predicted octanol–water partition coefficient (Wildman–Crippen LogP) is 0.988. The Labute approximate surface area is 221 Å². The minimum absolute atomic E-state index is 0.00513. The summed E-state index contributed by atoms with van der Waals surface area (Å²) in [7, 11) is 2.03. The smallest absolute Gasteiger partial charge is 0.246 e. The molecule has 2 amide bonds. The molecular weight excluding hydrogens is 488 g/mol. The van der Waals surface area contributed by atoms with Gasteiger partial charge in [-0.25, -0.2) is 4.68 Å². The predicted molar refractivity (Wildman–Crippen MR) is 139 cm³/mol. The molecule has 0 aliphatic carbocycles. The Bertz CT molecular complexity index is 1210. The summed E-state index contributed by atoms with van der Waals surface area (Å²) < 4.78 is 7.88. The highest BCUT2D eigenvalue weighted by Gasteiger charge is 2.31. The van der Waals surface area contributed by atoms with Crippen molar-refractivity contribution in [3.05, 3.63) is 60.2 Å². The molecule has 12 heteroatoms. The number of likely N-dealkylation sites (N-methyl/N-ethyl adjacent to an activating group) is 1. The van der Waals surface area contributed by atoms with Crippen LogP contribution in [0.1, 0.15) is 25.0 Å². The van der Waals surface area contributed by atoms with E-state index in [1.165, 1.54) is 11.0 Å². The van der Waals surface area contributed by atoms with Gasteiger partial charge < -0.3 is 20.1 Å². The monoisotopic (exact) mass is 522 g/mol. The largest absolute Gasteiger partial charge is 0.488 e. The first-order chi connectivity index (χ1) is 18.3. The van der Waals surface area contributed by atoms with Crippen LogP contribution in [0.15, 0.2) is 49.1 Å². The number of hydrogen-bond acceptors (Lipinski definition) is 9. The second kappa shape index (κ2) is 12.6. The van der Waals surface area contributed by atoms with E-state index < -0.39 is 0 Å². The lowest BCUT2D eigenvalue weighted by Crippen LogP contribution is -2.47. The lowest BCUT2D eigenvalue weighted by atomic mass is 10.0. The van der Waals surface area contributed by atoms with Crippen molar-refractivity contribution >= 4 is 17.5 Å². The Morgan fingerprint density at radius 1 is 1.29 bits per heavy atom. The number of nitrogens with one attached hydrogen (secondary N) is 1. The molecule has 202 valence electrons. The van der Waals surface area contributed by atoms with Crippen molar-refractivity contribution in [1.82, 2.24) is 35.0 Å². The second-order valence-electron chi connectivity index (χ2n) is 9.82. The summed E-state index contributed by atoms with van der Waals surface area (Å²) in [6, 6.07) is 8.95. The molecule has 1 aromatic carbocycles. The second-order valence-corrected chi connectivity index (χ2v) is 9.82. The zero-order chi connectivity index (χ0) is 27.1. The van der Waals surface area contributed by atoms with Crippen LogP contribution in [0.2, 0.25) is 0 Å². The molecule has 1 aliphatic heterocycles. The fourth-order valence-corrected chi connectivity index (χ4v) is 4.50. The average molecular weight is 523 g/mol. The van der Waals surface area contributed by atoms with Crippen LogP contribution in [0, 0.1) is 5.92 Å². The number of rotatable bonds is 9. The molecule has 0 bridgehead atoms. The lowest BCUT2D eigenvalue weighted by Gasteiger charge is -2.34. The SMILES string of the molecule is C[C@H]1CN([C@@H](C)CO)C(=O)Cc2cc(NC(=O)Cn3cnnn3)ccc2O[C@H]1CN(C)Cc1ccncc1. The van der Waals surface area contributed by atoms with E-state index in [1.807, 2.05) is 26.1 Å². The minimum atomic E-state index is -0.333. The Hall–Kier alpha value is -3.90. The normalized spacial score (nSPS) is 18.7. The summed E-state index contributed by atoms with van der Waals surface area (Å²) in [5.41, 5.74) is 2.35. The summed E-state index contributed by atoms with van der Waals surface area (Å²) in [4.78, 5) is 33.8. The number of ether oxygens (including phenoxy) is 1. The van der Waals surface area contributed by atoms with Gasteiger partial charge in [-0.2, -0.15) is 0 Å². The first-order valence-corrected chi connectivity index (χ1v) is 12.6. The fourth-order valence-electron chi connectivity index (χ4n) is 4.50. The van der Waals surface area contributed by atoms with E-state index in [-0.39, 0.29) is 49.5 Å². The molecule has 1 aliphatic rings. The number of nitrogens with zero attached hydrogens (tertiary/aromatic N) is 7. The van der Waals surface area contributed by atoms with E-state index in [1.54, 1.807) is 35.5 Å². The number of aliphatic hydroxyl groups excluding tert-OH is 1. The van der Waals surface area contributed by atoms with Crippen LogP contribution >= 0.6 is 0 Å². The molecule has 0 saturated carbocycles. The highest BCUT2D eigenvalue weighted by Crippen LogP contribution is 2.29. The summed E-state index contributed by atoms with van der Waals surface area (Å²) in [6.45, 7) is 5.54. The molecule has 38 heavy (non-hydrogen) atoms. The topological polar surface area (TPSA) is 139 Å². The standard InChI is InChI=1S/C26H34N8O4/c1-18-12-34(19(2)16-35)26(37)11-21-10-22(29-25(36)15-33-17-28-30-31-33)4-5-23(21)38-24(18)14-32(3)13-20-6-8-27-9-7-20/h4-10,17-19,24,35H,11-16H2,1-3H3,(H,29,36)/t18-,19-,24-/m0/s1. The van der Waals surface area contributed by atoms with Crippen molar-refractivity contribution < 1.29 is 19.4 Å². The summed E-state index contributed by atoms with van der Waals surface area (Å²) in [5.74, 6) is 0.192. The molecule has 2 N–H and O–H groups in total. The molecule has 4 rings (SSSR count). The van der Waals surface area contributed by atoms with Gasteiger partial charge in [0, 0.05) is 49.2 Å². The van der Waals surface area contributed by atoms with Gasteiger partial charge in [0.25, 0.3) is 0 Å². The number of aromatic nitrogens is 5. The van der Waals surface area contributed by atoms with Crippen molar-refractivity contribution in [1.29, 1.82) is 0 Å². The molecule has 0 unspecified atom stereocenters. The molecule has 0 fully saturated rings. The third-order valence-electron chi connectivity index (χ3n) is 6.59. The number of carbonyl (C=O) groups is 2. The van der Waals surface area contributed by atoms with Crippen LogP contribution in [0.4, 0.5) is 5.69 Å². The van der Waals surface area contributed by atoms with E-state index in [0.29, 0.717) is 30.1 Å². The lowest BCUT2D eigenvalue weighted by molar-refractivity contribution is -0.134. The number of aliphatic hydroxyl groups is 1. The Balaban J connectivity index is 1.57. The van der Waals surface area contributed by atoms with Gasteiger partial charge in [-0.05, 0) is 60.3 Å². The summed E-state index contributed by atoms with van der Waals surface area (Å²) >= 11 is 0. The van der Waals surface area contributed by atoms with Gasteiger partial charge in [-0.1, -0.05) is 6.92 Å². The van der Waals surface area contributed by atoms with Crippen LogP contribution in [0.25, 0.3) is 0 Å². The molecule has 12 nitrogen and oxygen atoms in total. The number of fused-ring (bicyclic) bond motifs is 1. The van der Waals surface area contributed by atoms with E-state index >= 15 is 0 Å². The van der Waals surface area contributed by atoms with E-state index in [9.17, 15) is 14.7 Å². The summed E-state index contributed by atoms with van der Waals surface area (Å²) in [5, 5.41) is 23.4. The van der Waals surface area contributed by atoms with E-state index in [4.69, 9.17) is 4.74 Å². The maximum atomic E-state index is 13.4. The molecule has 3 atom stereocenters. The molecule has 0 spiro atoms. The maximum Gasteiger partial charge on any atom is 0.246 e. The van der Waals surface area contributed by atoms with Crippen molar-refractivity contribution in [3.63, 3.8) is 0 Å². The molecule has 0 saturated heterocycles. The number of benzene rings is 1. The number of carbonyl (C=O) groups excluding carboxylic acids is 2. The molecular formula is C26H34N8O4. The van der Waals surface area contributed by atoms with Crippen LogP contribution in [0.5, 0.6) is 5.75 Å². The number of amides is 2. The average Bonchev–Trinajstić information content (AvgIpc) is 3.41. The van der Waals surface area contributed by atoms with Crippen molar-refractivity contribution in [2.45, 2.75) is 45.5 Å². The van der Waals surface area contributed by atoms with Gasteiger partial charge in [0.05, 0.1) is 19.1 Å². The molecule has 3 heterocycles. The van der Waals surface area contributed by atoms with Crippen LogP contribution < -0.4 is 10.1 Å². The van der Waals surface area contributed by atoms with Gasteiger partial charge >= 0.3 is 0 Å². The van der Waals surface area contributed by atoms with Crippen LogP contribution in [-0.4, -0.2) is 90.8 Å². The highest BCUT2D eigenvalue weighted by atomic mass is 16.5. The molecule has 0 radical (unpaired) electrons. The number of hydrogen-bond donors (Lipinski definition) is 2. The highest BCUT2D eigenvalue weighted by molar-refractivity contribution is 5.91. The van der Waals surface area contributed by atoms with Crippen molar-refractivity contribution in [3.8, 4) is 5.75 Å². The number of tetrazole rings is 1. The Kier molecular flexibility index (Phi) is 8.98. The quantitative estimate of drug-likeness (QED) is 0.421. The third-order valence-corrected chi connectivity index (χ3v) is 6.59. The molecule has 3 aromatic rings. The Morgan fingerprint density at radius 3 is 2.79 bits per heavy atom. The van der Waals surface area contributed by atoms with Gasteiger partial charge in [-0.3, -0.25) is 19.5 Å². The zero-order valence-electron chi connectivity index (χ0n) is 21.9. The van der Waals surface area contributed by atoms with Gasteiger partial charge in [0.15, 0.2) is 0 Å². The first-order valence-electron chi connectivity index (χ1n) is 12.6. The zero-order valence-corrected chi connectivity index (χ0v) is 21.9. The fraction of sp³-hybridized carbons (Fsp3) is 0.462. The number of anilines is 1. The third kappa shape index (κ3) is 7.11. The van der Waals surface area contributed by atoms with Crippen molar-refractivity contribution in [2.24, 2.45) is 5.92 Å².